The Balaban J connectivity index is 1.49. The maximum atomic E-state index is 12.9. The highest BCUT2D eigenvalue weighted by Crippen LogP contribution is 2.30. The zero-order chi connectivity index (χ0) is 24.1. The van der Waals surface area contributed by atoms with Gasteiger partial charge in [0.05, 0.1) is 0 Å². The number of fused-ring (bicyclic) bond motifs is 1. The maximum Gasteiger partial charge on any atom is 0.330 e. The predicted octanol–water partition coefficient (Wildman–Crippen LogP) is 5.38. The number of carbonyl (C=O) groups excluding carboxylic acids is 1. The van der Waals surface area contributed by atoms with Crippen molar-refractivity contribution in [2.75, 3.05) is 4.90 Å². The molecule has 0 fully saturated rings. The first kappa shape index (κ1) is 23.6. The Hall–Kier alpha value is -3.57. The molecule has 0 saturated carbocycles. The zero-order valence-electron chi connectivity index (χ0n) is 19.0. The number of aliphatic carboxylic acids is 1. The minimum atomic E-state index is -1.30. The van der Waals surface area contributed by atoms with Gasteiger partial charge in [0.2, 0.25) is 5.91 Å². The number of nitrogens with zero attached hydrogens (tertiary/aromatic N) is 1. The van der Waals surface area contributed by atoms with E-state index in [0.717, 1.165) is 28.0 Å². The van der Waals surface area contributed by atoms with Gasteiger partial charge < -0.3 is 15.3 Å². The van der Waals surface area contributed by atoms with E-state index in [1.54, 1.807) is 0 Å². The third-order valence-electron chi connectivity index (χ3n) is 6.06. The van der Waals surface area contributed by atoms with Crippen LogP contribution in [0.4, 0.5) is 5.69 Å². The zero-order valence-corrected chi connectivity index (χ0v) is 19.8. The SMILES string of the molecule is C/C(=C\N(Cc1ccc(Cl)cc1)c1ccccc1)CC(=O)NC1(C(=O)O)Cc2ccccc2C1. The first-order valence-corrected chi connectivity index (χ1v) is 11.6. The number of hydrogen-bond acceptors (Lipinski definition) is 3. The van der Waals surface area contributed by atoms with Crippen molar-refractivity contribution in [3.05, 3.63) is 112 Å². The predicted molar refractivity (Wildman–Crippen MR) is 135 cm³/mol. The summed E-state index contributed by atoms with van der Waals surface area (Å²) in [6.07, 6.45) is 2.63. The Morgan fingerprint density at radius 2 is 1.56 bits per heavy atom. The molecule has 34 heavy (non-hydrogen) atoms. The van der Waals surface area contributed by atoms with E-state index in [1.165, 1.54) is 0 Å². The molecule has 2 N–H and O–H groups in total. The average Bonchev–Trinajstić information content (AvgIpc) is 3.20. The molecule has 0 saturated heterocycles. The number of anilines is 1. The van der Waals surface area contributed by atoms with Gasteiger partial charge >= 0.3 is 5.97 Å². The van der Waals surface area contributed by atoms with E-state index in [4.69, 9.17) is 11.6 Å². The van der Waals surface area contributed by atoms with Gasteiger partial charge in [-0.3, -0.25) is 4.79 Å². The van der Waals surface area contributed by atoms with Gasteiger partial charge in [-0.15, -0.1) is 0 Å². The monoisotopic (exact) mass is 474 g/mol. The second-order valence-corrected chi connectivity index (χ2v) is 9.24. The van der Waals surface area contributed by atoms with Crippen LogP contribution in [0.25, 0.3) is 0 Å². The van der Waals surface area contributed by atoms with Crippen LogP contribution in [0.3, 0.4) is 0 Å². The summed E-state index contributed by atoms with van der Waals surface area (Å²) in [6, 6.07) is 25.2. The first-order chi connectivity index (χ1) is 16.3. The number of nitrogens with one attached hydrogen (secondary N) is 1. The fraction of sp³-hybridized carbons (Fsp3) is 0.214. The van der Waals surface area contributed by atoms with Crippen LogP contribution in [0.1, 0.15) is 30.0 Å². The lowest BCUT2D eigenvalue weighted by molar-refractivity contribution is -0.147. The molecule has 0 atom stereocenters. The lowest BCUT2D eigenvalue weighted by atomic mass is 9.95. The molecule has 5 nitrogen and oxygen atoms in total. The minimum Gasteiger partial charge on any atom is -0.479 e. The summed E-state index contributed by atoms with van der Waals surface area (Å²) in [7, 11) is 0. The number of hydrogen-bond donors (Lipinski definition) is 2. The summed E-state index contributed by atoms with van der Waals surface area (Å²) in [5.41, 5.74) is 3.53. The number of rotatable bonds is 8. The Morgan fingerprint density at radius 3 is 2.15 bits per heavy atom. The van der Waals surface area contributed by atoms with Crippen LogP contribution < -0.4 is 10.2 Å². The van der Waals surface area contributed by atoms with Crippen molar-refractivity contribution >= 4 is 29.2 Å². The number of benzene rings is 3. The van der Waals surface area contributed by atoms with Crippen LogP contribution in [0, 0.1) is 0 Å². The van der Waals surface area contributed by atoms with Crippen LogP contribution in [-0.4, -0.2) is 22.5 Å². The second kappa shape index (κ2) is 10.1. The van der Waals surface area contributed by atoms with Gasteiger partial charge in [-0.25, -0.2) is 4.79 Å². The average molecular weight is 475 g/mol. The van der Waals surface area contributed by atoms with Crippen molar-refractivity contribution in [3.8, 4) is 0 Å². The molecule has 1 aliphatic rings. The van der Waals surface area contributed by atoms with E-state index in [1.807, 2.05) is 92.0 Å². The van der Waals surface area contributed by atoms with E-state index in [0.29, 0.717) is 24.4 Å². The normalized spacial score (nSPS) is 14.4. The smallest absolute Gasteiger partial charge is 0.330 e. The quantitative estimate of drug-likeness (QED) is 0.460. The van der Waals surface area contributed by atoms with Crippen LogP contribution in [-0.2, 0) is 29.0 Å². The van der Waals surface area contributed by atoms with Crippen molar-refractivity contribution in [1.82, 2.24) is 5.32 Å². The summed E-state index contributed by atoms with van der Waals surface area (Å²) in [5, 5.41) is 13.5. The third-order valence-corrected chi connectivity index (χ3v) is 6.31. The van der Waals surface area contributed by atoms with Crippen LogP contribution in [0.5, 0.6) is 0 Å². The minimum absolute atomic E-state index is 0.106. The highest BCUT2D eigenvalue weighted by molar-refractivity contribution is 6.30. The number of carboxylic acid groups (broad SMARTS) is 1. The van der Waals surface area contributed by atoms with Crippen molar-refractivity contribution < 1.29 is 14.7 Å². The lowest BCUT2D eigenvalue weighted by Crippen LogP contribution is -2.55. The van der Waals surface area contributed by atoms with Crippen molar-refractivity contribution in [3.63, 3.8) is 0 Å². The number of carboxylic acids is 1. The number of para-hydroxylation sites is 1. The summed E-state index contributed by atoms with van der Waals surface area (Å²) in [5.74, 6) is -1.31. The molecule has 3 aromatic rings. The van der Waals surface area contributed by atoms with Crippen molar-refractivity contribution in [2.24, 2.45) is 0 Å². The molecular weight excluding hydrogens is 448 g/mol. The van der Waals surface area contributed by atoms with Gasteiger partial charge in [0, 0.05) is 42.7 Å². The second-order valence-electron chi connectivity index (χ2n) is 8.80. The third kappa shape index (κ3) is 5.49. The molecule has 0 spiro atoms. The van der Waals surface area contributed by atoms with Gasteiger partial charge in [0.15, 0.2) is 0 Å². The van der Waals surface area contributed by atoms with E-state index < -0.39 is 11.5 Å². The van der Waals surface area contributed by atoms with Crippen LogP contribution >= 0.6 is 11.6 Å². The Kier molecular flexibility index (Phi) is 7.03. The molecular formula is C28H27ClN2O3. The number of carbonyl (C=O) groups is 2. The first-order valence-electron chi connectivity index (χ1n) is 11.2. The molecule has 1 aliphatic carbocycles. The summed E-state index contributed by atoms with van der Waals surface area (Å²) in [6.45, 7) is 2.49. The lowest BCUT2D eigenvalue weighted by Gasteiger charge is -2.26. The van der Waals surface area contributed by atoms with Gasteiger partial charge in [-0.2, -0.15) is 0 Å². The van der Waals surface area contributed by atoms with Crippen molar-refractivity contribution in [2.45, 2.75) is 38.3 Å². The number of halogens is 1. The Labute approximate surface area is 204 Å². The van der Waals surface area contributed by atoms with E-state index >= 15 is 0 Å². The molecule has 4 rings (SSSR count). The van der Waals surface area contributed by atoms with Gasteiger partial charge in [0.25, 0.3) is 0 Å². The topological polar surface area (TPSA) is 69.6 Å². The molecule has 0 heterocycles. The molecule has 6 heteroatoms. The Morgan fingerprint density at radius 1 is 0.971 bits per heavy atom. The number of amides is 1. The molecule has 0 radical (unpaired) electrons. The fourth-order valence-corrected chi connectivity index (χ4v) is 4.53. The molecule has 0 unspecified atom stereocenters. The standard InChI is InChI=1S/C28H27ClN2O3/c1-20(15-26(32)30-28(27(33)34)16-22-7-5-6-8-23(22)17-28)18-31(25-9-3-2-4-10-25)19-21-11-13-24(29)14-12-21/h2-14,18H,15-17,19H2,1H3,(H,30,32)(H,33,34)/b20-18+. The van der Waals surface area contributed by atoms with Crippen molar-refractivity contribution in [1.29, 1.82) is 0 Å². The Bertz CT molecular complexity index is 1180. The molecule has 3 aromatic carbocycles. The van der Waals surface area contributed by atoms with Gasteiger partial charge in [0.1, 0.15) is 5.54 Å². The molecule has 1 amide bonds. The van der Waals surface area contributed by atoms with E-state index in [-0.39, 0.29) is 12.3 Å². The highest BCUT2D eigenvalue weighted by atomic mass is 35.5. The fourth-order valence-electron chi connectivity index (χ4n) is 4.40. The molecule has 0 aromatic heterocycles. The molecule has 0 aliphatic heterocycles. The van der Waals surface area contributed by atoms with Gasteiger partial charge in [-0.05, 0) is 53.5 Å². The van der Waals surface area contributed by atoms with Crippen LogP contribution in [0.2, 0.25) is 5.02 Å². The van der Waals surface area contributed by atoms with E-state index in [2.05, 4.69) is 10.2 Å². The highest BCUT2D eigenvalue weighted by Gasteiger charge is 2.45. The summed E-state index contributed by atoms with van der Waals surface area (Å²) in [4.78, 5) is 27.2. The largest absolute Gasteiger partial charge is 0.479 e. The van der Waals surface area contributed by atoms with Crippen LogP contribution in [0.15, 0.2) is 90.6 Å². The summed E-state index contributed by atoms with van der Waals surface area (Å²) < 4.78 is 0. The van der Waals surface area contributed by atoms with Gasteiger partial charge in [-0.1, -0.05) is 66.2 Å². The maximum absolute atomic E-state index is 12.9. The summed E-state index contributed by atoms with van der Waals surface area (Å²) >= 11 is 6.03. The molecule has 0 bridgehead atoms. The van der Waals surface area contributed by atoms with E-state index in [9.17, 15) is 14.7 Å². The molecule has 174 valence electrons.